The van der Waals surface area contributed by atoms with Gasteiger partial charge >= 0.3 is 5.97 Å². The van der Waals surface area contributed by atoms with Crippen LogP contribution in [0.4, 0.5) is 0 Å². The first-order chi connectivity index (χ1) is 12.6. The maximum atomic E-state index is 12.3. The summed E-state index contributed by atoms with van der Waals surface area (Å²) in [4.78, 5) is 22.7. The predicted molar refractivity (Wildman–Crippen MR) is 97.4 cm³/mol. The van der Waals surface area contributed by atoms with E-state index < -0.39 is 5.97 Å². The average molecular weight is 352 g/mol. The zero-order valence-electron chi connectivity index (χ0n) is 14.3. The molecular formula is C21H20O5. The molecule has 0 saturated carbocycles. The minimum absolute atomic E-state index is 0.109. The van der Waals surface area contributed by atoms with E-state index in [0.29, 0.717) is 30.1 Å². The maximum Gasteiger partial charge on any atom is 0.303 e. The van der Waals surface area contributed by atoms with Gasteiger partial charge in [-0.1, -0.05) is 24.3 Å². The number of unbranched alkanes of at least 4 members (excludes halogenated alkanes) is 2. The van der Waals surface area contributed by atoms with Gasteiger partial charge in [0.05, 0.1) is 12.2 Å². The lowest BCUT2D eigenvalue weighted by molar-refractivity contribution is -0.137. The summed E-state index contributed by atoms with van der Waals surface area (Å²) in [6, 6.07) is 14.6. The Morgan fingerprint density at radius 1 is 1.04 bits per heavy atom. The Bertz CT molecular complexity index is 821. The number of Topliss-reactive ketones (excluding diaryl/α,β-unsaturated/α-hetero) is 1. The molecule has 1 aliphatic heterocycles. The molecule has 2 aromatic rings. The number of carboxylic acid groups (broad SMARTS) is 1. The van der Waals surface area contributed by atoms with Gasteiger partial charge in [0.15, 0.2) is 5.76 Å². The Hall–Kier alpha value is -3.08. The second-order valence-corrected chi connectivity index (χ2v) is 6.06. The molecule has 26 heavy (non-hydrogen) atoms. The molecule has 134 valence electrons. The molecule has 0 unspecified atom stereocenters. The second-order valence-electron chi connectivity index (χ2n) is 6.06. The van der Waals surface area contributed by atoms with Gasteiger partial charge in [-0.2, -0.15) is 0 Å². The highest BCUT2D eigenvalue weighted by Crippen LogP contribution is 2.31. The molecule has 2 aromatic carbocycles. The molecule has 0 spiro atoms. The number of carbonyl (C=O) groups is 2. The Labute approximate surface area is 151 Å². The van der Waals surface area contributed by atoms with E-state index in [1.807, 2.05) is 36.4 Å². The van der Waals surface area contributed by atoms with Crippen LogP contribution in [0.2, 0.25) is 0 Å². The van der Waals surface area contributed by atoms with Crippen molar-refractivity contribution >= 4 is 17.8 Å². The van der Waals surface area contributed by atoms with E-state index >= 15 is 0 Å². The summed E-state index contributed by atoms with van der Waals surface area (Å²) in [5.74, 6) is 0.781. The van der Waals surface area contributed by atoms with Crippen LogP contribution < -0.4 is 9.47 Å². The number of rotatable bonds is 8. The van der Waals surface area contributed by atoms with E-state index in [1.54, 1.807) is 18.2 Å². The molecule has 1 N–H and O–H groups in total. The fourth-order valence-corrected chi connectivity index (χ4v) is 2.69. The topological polar surface area (TPSA) is 72.8 Å². The van der Waals surface area contributed by atoms with Crippen molar-refractivity contribution in [3.05, 3.63) is 65.4 Å². The molecule has 0 atom stereocenters. The number of benzene rings is 2. The van der Waals surface area contributed by atoms with Crippen LogP contribution in [-0.4, -0.2) is 23.5 Å². The molecule has 1 heterocycles. The van der Waals surface area contributed by atoms with Gasteiger partial charge < -0.3 is 14.6 Å². The molecule has 0 bridgehead atoms. The summed E-state index contributed by atoms with van der Waals surface area (Å²) in [5, 5.41) is 8.58. The van der Waals surface area contributed by atoms with Crippen LogP contribution in [0, 0.1) is 0 Å². The van der Waals surface area contributed by atoms with Gasteiger partial charge in [0.25, 0.3) is 0 Å². The molecule has 5 nitrogen and oxygen atoms in total. The van der Waals surface area contributed by atoms with Crippen LogP contribution in [0.15, 0.2) is 54.3 Å². The molecule has 0 aromatic heterocycles. The van der Waals surface area contributed by atoms with Crippen LogP contribution in [0.3, 0.4) is 0 Å². The first-order valence-corrected chi connectivity index (χ1v) is 8.61. The Kier molecular flexibility index (Phi) is 5.69. The first kappa shape index (κ1) is 17.7. The van der Waals surface area contributed by atoms with Crippen molar-refractivity contribution in [3.63, 3.8) is 0 Å². The number of ether oxygens (including phenoxy) is 2. The highest BCUT2D eigenvalue weighted by molar-refractivity contribution is 6.14. The van der Waals surface area contributed by atoms with Gasteiger partial charge in [0, 0.05) is 6.42 Å². The van der Waals surface area contributed by atoms with E-state index in [4.69, 9.17) is 14.6 Å². The number of ketones is 1. The van der Waals surface area contributed by atoms with Crippen molar-refractivity contribution in [2.75, 3.05) is 6.61 Å². The van der Waals surface area contributed by atoms with E-state index in [-0.39, 0.29) is 12.2 Å². The molecule has 0 saturated heterocycles. The van der Waals surface area contributed by atoms with Crippen LogP contribution in [0.1, 0.15) is 41.6 Å². The molecule has 0 fully saturated rings. The van der Waals surface area contributed by atoms with Crippen LogP contribution in [-0.2, 0) is 4.79 Å². The highest BCUT2D eigenvalue weighted by Gasteiger charge is 2.26. The van der Waals surface area contributed by atoms with E-state index in [9.17, 15) is 9.59 Å². The normalized spacial score (nSPS) is 14.2. The zero-order chi connectivity index (χ0) is 18.4. The molecular weight excluding hydrogens is 332 g/mol. The number of fused-ring (bicyclic) bond motifs is 1. The fraction of sp³-hybridized carbons (Fsp3) is 0.238. The Balaban J connectivity index is 1.51. The Morgan fingerprint density at radius 3 is 2.54 bits per heavy atom. The summed E-state index contributed by atoms with van der Waals surface area (Å²) in [5.41, 5.74) is 1.44. The molecule has 1 aliphatic rings. The average Bonchev–Trinajstić information content (AvgIpc) is 2.95. The first-order valence-electron chi connectivity index (χ1n) is 8.61. The lowest BCUT2D eigenvalue weighted by Crippen LogP contribution is -1.99. The van der Waals surface area contributed by atoms with Crippen molar-refractivity contribution in [1.82, 2.24) is 0 Å². The number of aliphatic carboxylic acids is 1. The second kappa shape index (κ2) is 8.34. The lowest BCUT2D eigenvalue weighted by atomic mass is 10.1. The number of carboxylic acids is 1. The SMILES string of the molecule is O=C(O)CCCCCOc1ccc(/C=C2\Oc3ccccc3C2=O)cc1. The smallest absolute Gasteiger partial charge is 0.303 e. The lowest BCUT2D eigenvalue weighted by Gasteiger charge is -2.06. The van der Waals surface area contributed by atoms with Crippen molar-refractivity contribution in [2.24, 2.45) is 0 Å². The van der Waals surface area contributed by atoms with Gasteiger partial charge in [-0.3, -0.25) is 9.59 Å². The third-order valence-electron chi connectivity index (χ3n) is 4.06. The van der Waals surface area contributed by atoms with Gasteiger partial charge in [-0.15, -0.1) is 0 Å². The number of carbonyl (C=O) groups excluding carboxylic acids is 1. The number of hydrogen-bond acceptors (Lipinski definition) is 4. The summed E-state index contributed by atoms with van der Waals surface area (Å²) >= 11 is 0. The van der Waals surface area contributed by atoms with Crippen molar-refractivity contribution in [2.45, 2.75) is 25.7 Å². The van der Waals surface area contributed by atoms with Crippen LogP contribution in [0.25, 0.3) is 6.08 Å². The van der Waals surface area contributed by atoms with Gasteiger partial charge in [0.2, 0.25) is 5.78 Å². The summed E-state index contributed by atoms with van der Waals surface area (Å²) in [6.45, 7) is 0.553. The maximum absolute atomic E-state index is 12.3. The summed E-state index contributed by atoms with van der Waals surface area (Å²) in [6.07, 6.45) is 4.24. The summed E-state index contributed by atoms with van der Waals surface area (Å²) < 4.78 is 11.3. The zero-order valence-corrected chi connectivity index (χ0v) is 14.3. The Morgan fingerprint density at radius 2 is 1.81 bits per heavy atom. The molecule has 0 radical (unpaired) electrons. The van der Waals surface area contributed by atoms with Crippen LogP contribution in [0.5, 0.6) is 11.5 Å². The van der Waals surface area contributed by atoms with E-state index in [1.165, 1.54) is 0 Å². The predicted octanol–water partition coefficient (Wildman–Crippen LogP) is 4.33. The monoisotopic (exact) mass is 352 g/mol. The van der Waals surface area contributed by atoms with Crippen molar-refractivity contribution in [1.29, 1.82) is 0 Å². The quantitative estimate of drug-likeness (QED) is 0.565. The number of allylic oxidation sites excluding steroid dienone is 1. The summed E-state index contributed by atoms with van der Waals surface area (Å²) in [7, 11) is 0. The minimum Gasteiger partial charge on any atom is -0.494 e. The van der Waals surface area contributed by atoms with Gasteiger partial charge in [0.1, 0.15) is 11.5 Å². The number of hydrogen-bond donors (Lipinski definition) is 1. The molecule has 3 rings (SSSR count). The highest BCUT2D eigenvalue weighted by atomic mass is 16.5. The molecule has 5 heteroatoms. The van der Waals surface area contributed by atoms with Crippen molar-refractivity contribution in [3.8, 4) is 11.5 Å². The fourth-order valence-electron chi connectivity index (χ4n) is 2.69. The largest absolute Gasteiger partial charge is 0.494 e. The van der Waals surface area contributed by atoms with E-state index in [2.05, 4.69) is 0 Å². The van der Waals surface area contributed by atoms with Gasteiger partial charge in [-0.25, -0.2) is 0 Å². The standard InChI is InChI=1S/C21H20O5/c22-20(23)8-2-1-5-13-25-16-11-9-15(10-12-16)14-19-21(24)17-6-3-4-7-18(17)26-19/h3-4,6-7,9-12,14H,1-2,5,8,13H2,(H,22,23)/b19-14-. The molecule has 0 amide bonds. The molecule has 0 aliphatic carbocycles. The third-order valence-corrected chi connectivity index (χ3v) is 4.06. The minimum atomic E-state index is -0.761. The van der Waals surface area contributed by atoms with Crippen molar-refractivity contribution < 1.29 is 24.2 Å². The third kappa shape index (κ3) is 4.51. The van der Waals surface area contributed by atoms with E-state index in [0.717, 1.165) is 24.2 Å². The van der Waals surface area contributed by atoms with Crippen LogP contribution >= 0.6 is 0 Å². The van der Waals surface area contributed by atoms with Gasteiger partial charge in [-0.05, 0) is 55.2 Å². The number of para-hydroxylation sites is 1.